The predicted molar refractivity (Wildman–Crippen MR) is 65.9 cm³/mol. The van der Waals surface area contributed by atoms with Crippen molar-refractivity contribution in [2.24, 2.45) is 0 Å². The average Bonchev–Trinajstić information content (AvgIpc) is 2.40. The molecule has 0 amide bonds. The van der Waals surface area contributed by atoms with Crippen LogP contribution in [0.15, 0.2) is 24.3 Å². The number of ether oxygens (including phenoxy) is 2. The molecule has 1 N–H and O–H groups in total. The van der Waals surface area contributed by atoms with Gasteiger partial charge in [-0.1, -0.05) is 18.2 Å². The van der Waals surface area contributed by atoms with E-state index in [0.717, 1.165) is 6.07 Å². The minimum Gasteiger partial charge on any atom is -0.480 e. The molecule has 1 aliphatic heterocycles. The SMILES string of the molecule is O=C(O)C(c1ccccc1OC(F)(F)F)N1CCOCC1. The summed E-state index contributed by atoms with van der Waals surface area (Å²) >= 11 is 0. The van der Waals surface area contributed by atoms with Gasteiger partial charge < -0.3 is 14.6 Å². The fourth-order valence-corrected chi connectivity index (χ4v) is 2.25. The number of carboxylic acids is 1. The Kier molecular flexibility index (Phi) is 4.69. The van der Waals surface area contributed by atoms with E-state index in [4.69, 9.17) is 4.74 Å². The summed E-state index contributed by atoms with van der Waals surface area (Å²) in [4.78, 5) is 13.1. The van der Waals surface area contributed by atoms with Crippen molar-refractivity contribution in [2.45, 2.75) is 12.4 Å². The molecule has 21 heavy (non-hydrogen) atoms. The lowest BCUT2D eigenvalue weighted by Crippen LogP contribution is -2.42. The number of carbonyl (C=O) groups is 1. The largest absolute Gasteiger partial charge is 0.573 e. The summed E-state index contributed by atoms with van der Waals surface area (Å²) in [6, 6.07) is 4.08. The fraction of sp³-hybridized carbons (Fsp3) is 0.462. The van der Waals surface area contributed by atoms with Gasteiger partial charge in [0.15, 0.2) is 0 Å². The second-order valence-electron chi connectivity index (χ2n) is 4.47. The maximum absolute atomic E-state index is 12.4. The number of alkyl halides is 3. The number of rotatable bonds is 4. The van der Waals surface area contributed by atoms with Crippen molar-refractivity contribution in [3.8, 4) is 5.75 Å². The van der Waals surface area contributed by atoms with E-state index in [9.17, 15) is 23.1 Å². The number of hydrogen-bond donors (Lipinski definition) is 1. The molecule has 5 nitrogen and oxygen atoms in total. The number of benzene rings is 1. The van der Waals surface area contributed by atoms with E-state index in [1.165, 1.54) is 18.2 Å². The highest BCUT2D eigenvalue weighted by Gasteiger charge is 2.36. The number of carboxylic acid groups (broad SMARTS) is 1. The Labute approximate surface area is 118 Å². The van der Waals surface area contributed by atoms with E-state index in [-0.39, 0.29) is 5.56 Å². The Morgan fingerprint density at radius 2 is 1.90 bits per heavy atom. The fourth-order valence-electron chi connectivity index (χ4n) is 2.25. The Morgan fingerprint density at radius 1 is 1.29 bits per heavy atom. The number of nitrogens with zero attached hydrogens (tertiary/aromatic N) is 1. The summed E-state index contributed by atoms with van der Waals surface area (Å²) in [6.07, 6.45) is -4.87. The summed E-state index contributed by atoms with van der Waals surface area (Å²) in [5, 5.41) is 9.38. The molecule has 0 aromatic heterocycles. The quantitative estimate of drug-likeness (QED) is 0.922. The van der Waals surface area contributed by atoms with E-state index in [1.807, 2.05) is 0 Å². The van der Waals surface area contributed by atoms with Gasteiger partial charge in [0.1, 0.15) is 11.8 Å². The number of aliphatic carboxylic acids is 1. The van der Waals surface area contributed by atoms with Crippen molar-refractivity contribution >= 4 is 5.97 Å². The Hall–Kier alpha value is -1.80. The monoisotopic (exact) mass is 305 g/mol. The van der Waals surface area contributed by atoms with E-state index in [1.54, 1.807) is 4.90 Å². The van der Waals surface area contributed by atoms with Crippen LogP contribution >= 0.6 is 0 Å². The van der Waals surface area contributed by atoms with Crippen LogP contribution in [0.3, 0.4) is 0 Å². The molecule has 1 unspecified atom stereocenters. The van der Waals surface area contributed by atoms with Crippen LogP contribution in [0.2, 0.25) is 0 Å². The summed E-state index contributed by atoms with van der Waals surface area (Å²) in [5.41, 5.74) is -0.0239. The zero-order valence-electron chi connectivity index (χ0n) is 11.0. The van der Waals surface area contributed by atoms with Gasteiger partial charge >= 0.3 is 12.3 Å². The van der Waals surface area contributed by atoms with Crippen molar-refractivity contribution < 1.29 is 32.5 Å². The lowest BCUT2D eigenvalue weighted by atomic mass is 10.0. The second kappa shape index (κ2) is 6.31. The van der Waals surface area contributed by atoms with E-state index in [0.29, 0.717) is 26.3 Å². The summed E-state index contributed by atoms with van der Waals surface area (Å²) < 4.78 is 46.3. The van der Waals surface area contributed by atoms with Crippen molar-refractivity contribution in [1.82, 2.24) is 4.90 Å². The van der Waals surface area contributed by atoms with Gasteiger partial charge in [0, 0.05) is 18.7 Å². The molecule has 0 bridgehead atoms. The number of hydrogen-bond acceptors (Lipinski definition) is 4. The van der Waals surface area contributed by atoms with Crippen LogP contribution in [-0.2, 0) is 9.53 Å². The van der Waals surface area contributed by atoms with Gasteiger partial charge in [-0.05, 0) is 6.07 Å². The Bertz CT molecular complexity index is 500. The van der Waals surface area contributed by atoms with Crippen LogP contribution in [-0.4, -0.2) is 48.6 Å². The molecule has 0 aliphatic carbocycles. The van der Waals surface area contributed by atoms with Gasteiger partial charge in [0.25, 0.3) is 0 Å². The normalized spacial score (nSPS) is 18.2. The van der Waals surface area contributed by atoms with E-state index >= 15 is 0 Å². The molecule has 1 aliphatic rings. The molecule has 0 saturated carbocycles. The van der Waals surface area contributed by atoms with Crippen LogP contribution in [0, 0.1) is 0 Å². The van der Waals surface area contributed by atoms with Gasteiger partial charge in [-0.3, -0.25) is 9.69 Å². The third-order valence-corrected chi connectivity index (χ3v) is 3.08. The highest BCUT2D eigenvalue weighted by molar-refractivity contribution is 5.76. The Balaban J connectivity index is 2.33. The molecule has 1 fully saturated rings. The predicted octanol–water partition coefficient (Wildman–Crippen LogP) is 2.04. The van der Waals surface area contributed by atoms with Gasteiger partial charge in [0.05, 0.1) is 13.2 Å². The van der Waals surface area contributed by atoms with Gasteiger partial charge in [-0.25, -0.2) is 0 Å². The standard InChI is InChI=1S/C13H14F3NO4/c14-13(15,16)21-10-4-2-1-3-9(10)11(12(18)19)17-5-7-20-8-6-17/h1-4,11H,5-8H2,(H,18,19). The molecule has 0 radical (unpaired) electrons. The maximum atomic E-state index is 12.4. The highest BCUT2D eigenvalue weighted by atomic mass is 19.4. The highest BCUT2D eigenvalue weighted by Crippen LogP contribution is 2.33. The van der Waals surface area contributed by atoms with E-state index < -0.39 is 24.1 Å². The number of morpholine rings is 1. The smallest absolute Gasteiger partial charge is 0.480 e. The summed E-state index contributed by atoms with van der Waals surface area (Å²) in [5.74, 6) is -1.72. The minimum atomic E-state index is -4.87. The van der Waals surface area contributed by atoms with Crippen molar-refractivity contribution in [2.75, 3.05) is 26.3 Å². The maximum Gasteiger partial charge on any atom is 0.573 e. The molecule has 2 rings (SSSR count). The third kappa shape index (κ3) is 4.08. The number of halogens is 3. The lowest BCUT2D eigenvalue weighted by Gasteiger charge is -2.32. The lowest BCUT2D eigenvalue weighted by molar-refractivity contribution is -0.275. The molecule has 1 aromatic rings. The molecule has 1 atom stereocenters. The molecule has 1 heterocycles. The summed E-state index contributed by atoms with van der Waals surface area (Å²) in [6.45, 7) is 1.34. The summed E-state index contributed by atoms with van der Waals surface area (Å²) in [7, 11) is 0. The van der Waals surface area contributed by atoms with Crippen LogP contribution < -0.4 is 4.74 Å². The second-order valence-corrected chi connectivity index (χ2v) is 4.47. The first kappa shape index (κ1) is 15.6. The first-order chi connectivity index (χ1) is 9.88. The number of para-hydroxylation sites is 1. The molecular weight excluding hydrogens is 291 g/mol. The molecule has 116 valence electrons. The van der Waals surface area contributed by atoms with Gasteiger partial charge in [-0.15, -0.1) is 13.2 Å². The van der Waals surface area contributed by atoms with Crippen LogP contribution in [0.25, 0.3) is 0 Å². The topological polar surface area (TPSA) is 59.0 Å². The van der Waals surface area contributed by atoms with Crippen LogP contribution in [0.4, 0.5) is 13.2 Å². The van der Waals surface area contributed by atoms with Crippen LogP contribution in [0.5, 0.6) is 5.75 Å². The average molecular weight is 305 g/mol. The first-order valence-electron chi connectivity index (χ1n) is 6.28. The van der Waals surface area contributed by atoms with Crippen LogP contribution in [0.1, 0.15) is 11.6 Å². The molecule has 8 heteroatoms. The van der Waals surface area contributed by atoms with E-state index in [2.05, 4.69) is 4.74 Å². The first-order valence-corrected chi connectivity index (χ1v) is 6.28. The van der Waals surface area contributed by atoms with Gasteiger partial charge in [0.2, 0.25) is 0 Å². The third-order valence-electron chi connectivity index (χ3n) is 3.08. The zero-order valence-corrected chi connectivity index (χ0v) is 11.0. The zero-order chi connectivity index (χ0) is 15.5. The van der Waals surface area contributed by atoms with Gasteiger partial charge in [-0.2, -0.15) is 0 Å². The molecular formula is C13H14F3NO4. The van der Waals surface area contributed by atoms with Crippen molar-refractivity contribution in [3.05, 3.63) is 29.8 Å². The minimum absolute atomic E-state index is 0.0239. The molecule has 1 aromatic carbocycles. The Morgan fingerprint density at radius 3 is 2.48 bits per heavy atom. The van der Waals surface area contributed by atoms with Crippen molar-refractivity contribution in [3.63, 3.8) is 0 Å². The molecule has 1 saturated heterocycles. The van der Waals surface area contributed by atoms with Crippen molar-refractivity contribution in [1.29, 1.82) is 0 Å². The molecule has 0 spiro atoms.